The molecule has 4 rings (SSSR count). The van der Waals surface area contributed by atoms with Gasteiger partial charge in [-0.2, -0.15) is 5.10 Å². The van der Waals surface area contributed by atoms with Gasteiger partial charge in [-0.3, -0.25) is 14.7 Å². The van der Waals surface area contributed by atoms with Crippen molar-refractivity contribution in [2.75, 3.05) is 5.32 Å². The lowest BCUT2D eigenvalue weighted by atomic mass is 10.1. The Balaban J connectivity index is 1.56. The highest BCUT2D eigenvalue weighted by Gasteiger charge is 2.15. The minimum atomic E-state index is -0.701. The van der Waals surface area contributed by atoms with Gasteiger partial charge in [0.2, 0.25) is 0 Å². The van der Waals surface area contributed by atoms with E-state index in [9.17, 15) is 9.59 Å². The van der Waals surface area contributed by atoms with Crippen LogP contribution in [-0.4, -0.2) is 26.6 Å². The van der Waals surface area contributed by atoms with Crippen molar-refractivity contribution in [3.63, 3.8) is 0 Å². The zero-order valence-corrected chi connectivity index (χ0v) is 14.8. The largest absolute Gasteiger partial charge is 0.342 e. The van der Waals surface area contributed by atoms with E-state index in [1.165, 1.54) is 0 Å². The number of para-hydroxylation sites is 1. The van der Waals surface area contributed by atoms with E-state index >= 15 is 0 Å². The Labute approximate surface area is 155 Å². The smallest absolute Gasteiger partial charge is 0.313 e. The van der Waals surface area contributed by atoms with Crippen molar-refractivity contribution < 1.29 is 9.59 Å². The Hall–Kier alpha value is -3.61. The maximum atomic E-state index is 12.2. The third kappa shape index (κ3) is 3.15. The molecule has 4 aromatic rings. The number of H-pyrrole nitrogens is 1. The number of amides is 2. The zero-order chi connectivity index (χ0) is 18.8. The summed E-state index contributed by atoms with van der Waals surface area (Å²) in [5, 5.41) is 13.9. The summed E-state index contributed by atoms with van der Waals surface area (Å²) in [6, 6.07) is 15.6. The number of aromatic amines is 1. The molecule has 7 nitrogen and oxygen atoms in total. The number of carbonyl (C=O) groups excluding carboxylic acids is 2. The molecule has 0 aliphatic heterocycles. The van der Waals surface area contributed by atoms with Crippen LogP contribution in [0.3, 0.4) is 0 Å². The highest BCUT2D eigenvalue weighted by molar-refractivity contribution is 6.39. The van der Waals surface area contributed by atoms with Crippen LogP contribution in [0, 0.1) is 0 Å². The summed E-state index contributed by atoms with van der Waals surface area (Å²) in [7, 11) is 0. The number of hydrogen-bond donors (Lipinski definition) is 3. The second-order valence-electron chi connectivity index (χ2n) is 6.21. The molecule has 0 atom stereocenters. The van der Waals surface area contributed by atoms with Crippen LogP contribution in [0.25, 0.3) is 21.8 Å². The number of benzene rings is 2. The van der Waals surface area contributed by atoms with Gasteiger partial charge in [-0.15, -0.1) is 0 Å². The van der Waals surface area contributed by atoms with Gasteiger partial charge in [0.15, 0.2) is 0 Å². The van der Waals surface area contributed by atoms with Crippen molar-refractivity contribution in [3.8, 4) is 0 Å². The molecule has 0 radical (unpaired) electrons. The molecule has 0 spiro atoms. The Morgan fingerprint density at radius 1 is 1.04 bits per heavy atom. The average Bonchev–Trinajstić information content (AvgIpc) is 3.31. The minimum absolute atomic E-state index is 0.218. The Morgan fingerprint density at radius 3 is 2.63 bits per heavy atom. The van der Waals surface area contributed by atoms with Gasteiger partial charge in [0, 0.05) is 40.2 Å². The SMILES string of the molecule is CCn1c2ccccc2c2cc(NC(=O)C(=O)NCc3ccn[nH]3)ccc21. The topological polar surface area (TPSA) is 91.8 Å². The summed E-state index contributed by atoms with van der Waals surface area (Å²) in [5.74, 6) is -1.39. The Kier molecular flexibility index (Phi) is 4.33. The summed E-state index contributed by atoms with van der Waals surface area (Å²) >= 11 is 0. The molecule has 2 amide bonds. The van der Waals surface area contributed by atoms with Gasteiger partial charge in [-0.25, -0.2) is 0 Å². The highest BCUT2D eigenvalue weighted by Crippen LogP contribution is 2.30. The van der Waals surface area contributed by atoms with Gasteiger partial charge in [0.1, 0.15) is 0 Å². The van der Waals surface area contributed by atoms with Gasteiger partial charge in [0.05, 0.1) is 12.2 Å². The predicted octanol–water partition coefficient (Wildman–Crippen LogP) is 2.79. The molecular weight excluding hydrogens is 342 g/mol. The van der Waals surface area contributed by atoms with Crippen LogP contribution < -0.4 is 10.6 Å². The normalized spacial score (nSPS) is 11.0. The molecule has 3 N–H and O–H groups in total. The van der Waals surface area contributed by atoms with Crippen LogP contribution in [0.1, 0.15) is 12.6 Å². The zero-order valence-electron chi connectivity index (χ0n) is 14.8. The Morgan fingerprint density at radius 2 is 1.85 bits per heavy atom. The van der Waals surface area contributed by atoms with E-state index in [4.69, 9.17) is 0 Å². The molecule has 7 heteroatoms. The number of nitrogens with one attached hydrogen (secondary N) is 3. The number of rotatable bonds is 4. The van der Waals surface area contributed by atoms with Crippen molar-refractivity contribution in [1.29, 1.82) is 0 Å². The fraction of sp³-hybridized carbons (Fsp3) is 0.150. The molecule has 27 heavy (non-hydrogen) atoms. The number of aromatic nitrogens is 3. The van der Waals surface area contributed by atoms with Crippen molar-refractivity contribution in [1.82, 2.24) is 20.1 Å². The second-order valence-corrected chi connectivity index (χ2v) is 6.21. The summed E-state index contributed by atoms with van der Waals surface area (Å²) in [6.45, 7) is 3.17. The second kappa shape index (κ2) is 6.95. The first-order chi connectivity index (χ1) is 13.2. The Bertz CT molecular complexity index is 1130. The van der Waals surface area contributed by atoms with Crippen LogP contribution in [0.2, 0.25) is 0 Å². The van der Waals surface area contributed by atoms with Crippen LogP contribution in [0.4, 0.5) is 5.69 Å². The molecule has 2 aromatic heterocycles. The summed E-state index contributed by atoms with van der Waals surface area (Å²) in [4.78, 5) is 24.2. The summed E-state index contributed by atoms with van der Waals surface area (Å²) in [5.41, 5.74) is 3.56. The minimum Gasteiger partial charge on any atom is -0.342 e. The van der Waals surface area contributed by atoms with Crippen molar-refractivity contribution in [2.24, 2.45) is 0 Å². The van der Waals surface area contributed by atoms with Crippen LogP contribution in [0.15, 0.2) is 54.7 Å². The van der Waals surface area contributed by atoms with Crippen LogP contribution in [0.5, 0.6) is 0 Å². The lowest BCUT2D eigenvalue weighted by molar-refractivity contribution is -0.136. The van der Waals surface area contributed by atoms with Crippen molar-refractivity contribution >= 4 is 39.3 Å². The molecule has 0 saturated carbocycles. The third-order valence-corrected chi connectivity index (χ3v) is 4.55. The van der Waals surface area contributed by atoms with E-state index in [2.05, 4.69) is 44.5 Å². The van der Waals surface area contributed by atoms with E-state index in [0.29, 0.717) is 5.69 Å². The number of anilines is 1. The fourth-order valence-electron chi connectivity index (χ4n) is 3.30. The third-order valence-electron chi connectivity index (χ3n) is 4.55. The van der Waals surface area contributed by atoms with Gasteiger partial charge in [0.25, 0.3) is 0 Å². The first-order valence-corrected chi connectivity index (χ1v) is 8.76. The van der Waals surface area contributed by atoms with E-state index in [0.717, 1.165) is 34.0 Å². The van der Waals surface area contributed by atoms with Gasteiger partial charge >= 0.3 is 11.8 Å². The van der Waals surface area contributed by atoms with E-state index in [1.807, 2.05) is 30.3 Å². The lowest BCUT2D eigenvalue weighted by Crippen LogP contribution is -2.35. The number of fused-ring (bicyclic) bond motifs is 3. The molecule has 0 unspecified atom stereocenters. The maximum absolute atomic E-state index is 12.2. The first-order valence-electron chi connectivity index (χ1n) is 8.76. The maximum Gasteiger partial charge on any atom is 0.313 e. The number of carbonyl (C=O) groups is 2. The van der Waals surface area contributed by atoms with E-state index < -0.39 is 11.8 Å². The van der Waals surface area contributed by atoms with E-state index in [-0.39, 0.29) is 6.54 Å². The van der Waals surface area contributed by atoms with E-state index in [1.54, 1.807) is 12.3 Å². The number of nitrogens with zero attached hydrogens (tertiary/aromatic N) is 2. The highest BCUT2D eigenvalue weighted by atomic mass is 16.2. The molecule has 2 aromatic carbocycles. The van der Waals surface area contributed by atoms with Crippen LogP contribution in [-0.2, 0) is 22.7 Å². The summed E-state index contributed by atoms with van der Waals surface area (Å²) < 4.78 is 2.23. The lowest BCUT2D eigenvalue weighted by Gasteiger charge is -2.07. The quantitative estimate of drug-likeness (QED) is 0.488. The number of hydrogen-bond acceptors (Lipinski definition) is 3. The predicted molar refractivity (Wildman–Crippen MR) is 104 cm³/mol. The van der Waals surface area contributed by atoms with Crippen LogP contribution >= 0.6 is 0 Å². The standard InChI is InChI=1S/C20H19N5O2/c1-2-25-17-6-4-3-5-15(17)16-11-13(7-8-18(16)25)23-20(27)19(26)21-12-14-9-10-22-24-14/h3-11H,2,12H2,1H3,(H,21,26)(H,22,24)(H,23,27). The first kappa shape index (κ1) is 16.8. The molecule has 0 bridgehead atoms. The molecule has 0 aliphatic carbocycles. The van der Waals surface area contributed by atoms with Crippen molar-refractivity contribution in [2.45, 2.75) is 20.0 Å². The fourth-order valence-corrected chi connectivity index (χ4v) is 3.30. The molecule has 0 fully saturated rings. The molecular formula is C20H19N5O2. The summed E-state index contributed by atoms with van der Waals surface area (Å²) in [6.07, 6.45) is 1.59. The molecule has 0 saturated heterocycles. The molecule has 2 heterocycles. The van der Waals surface area contributed by atoms with Crippen molar-refractivity contribution in [3.05, 3.63) is 60.4 Å². The average molecular weight is 361 g/mol. The van der Waals surface area contributed by atoms with Gasteiger partial charge < -0.3 is 15.2 Å². The van der Waals surface area contributed by atoms with Gasteiger partial charge in [-0.1, -0.05) is 18.2 Å². The molecule has 136 valence electrons. The molecule has 0 aliphatic rings. The monoisotopic (exact) mass is 361 g/mol. The number of aryl methyl sites for hydroxylation is 1. The van der Waals surface area contributed by atoms with Gasteiger partial charge in [-0.05, 0) is 37.3 Å².